The van der Waals surface area contributed by atoms with Gasteiger partial charge in [-0.1, -0.05) is 6.07 Å². The molecule has 0 saturated carbocycles. The van der Waals surface area contributed by atoms with Crippen LogP contribution in [-0.4, -0.2) is 35.2 Å². The van der Waals surface area contributed by atoms with Crippen molar-refractivity contribution < 1.29 is 24.2 Å². The number of aliphatic hydroxyl groups excluding tert-OH is 1. The number of ether oxygens (including phenoxy) is 2. The standard InChI is InChI=1S/C17H17N3O5/c21-13(11-3-4-14-15(8-11)25-10-24-14)5-7-19-16(22)17(23)20-12-2-1-6-18-9-12/h1-4,6,8-9,13,21H,5,7,10H2,(H,19,22)(H,20,23). The molecule has 8 heteroatoms. The number of carbonyl (C=O) groups is 2. The molecular weight excluding hydrogens is 326 g/mol. The molecule has 25 heavy (non-hydrogen) atoms. The van der Waals surface area contributed by atoms with Crippen molar-refractivity contribution in [3.63, 3.8) is 0 Å². The van der Waals surface area contributed by atoms with Crippen LogP contribution < -0.4 is 20.1 Å². The second kappa shape index (κ2) is 7.63. The van der Waals surface area contributed by atoms with Gasteiger partial charge in [0.1, 0.15) is 0 Å². The second-order valence-electron chi connectivity index (χ2n) is 5.37. The Morgan fingerprint density at radius 2 is 2.04 bits per heavy atom. The van der Waals surface area contributed by atoms with Crippen molar-refractivity contribution in [1.29, 1.82) is 0 Å². The Morgan fingerprint density at radius 1 is 1.20 bits per heavy atom. The number of fused-ring (bicyclic) bond motifs is 1. The highest BCUT2D eigenvalue weighted by Crippen LogP contribution is 2.34. The Balaban J connectivity index is 1.45. The van der Waals surface area contributed by atoms with Crippen molar-refractivity contribution in [2.45, 2.75) is 12.5 Å². The van der Waals surface area contributed by atoms with E-state index in [9.17, 15) is 14.7 Å². The molecule has 0 aliphatic carbocycles. The number of nitrogens with zero attached hydrogens (tertiary/aromatic N) is 1. The Hall–Kier alpha value is -3.13. The third-order valence-electron chi connectivity index (χ3n) is 3.61. The van der Waals surface area contributed by atoms with Crippen molar-refractivity contribution in [3.8, 4) is 11.5 Å². The van der Waals surface area contributed by atoms with E-state index in [1.54, 1.807) is 36.5 Å². The first-order chi connectivity index (χ1) is 12.1. The molecule has 0 bridgehead atoms. The number of amides is 2. The maximum Gasteiger partial charge on any atom is 0.313 e. The first kappa shape index (κ1) is 16.7. The molecular formula is C17H17N3O5. The SMILES string of the molecule is O=C(NCCC(O)c1ccc2c(c1)OCO2)C(=O)Nc1cccnc1. The molecule has 3 N–H and O–H groups in total. The molecule has 0 saturated heterocycles. The number of hydrogen-bond acceptors (Lipinski definition) is 6. The van der Waals surface area contributed by atoms with Crippen LogP contribution >= 0.6 is 0 Å². The van der Waals surface area contributed by atoms with E-state index < -0.39 is 17.9 Å². The lowest BCUT2D eigenvalue weighted by Gasteiger charge is -2.12. The van der Waals surface area contributed by atoms with E-state index in [0.29, 0.717) is 22.7 Å². The highest BCUT2D eigenvalue weighted by atomic mass is 16.7. The van der Waals surface area contributed by atoms with Crippen LogP contribution in [0.2, 0.25) is 0 Å². The van der Waals surface area contributed by atoms with E-state index in [0.717, 1.165) is 0 Å². The summed E-state index contributed by atoms with van der Waals surface area (Å²) >= 11 is 0. The largest absolute Gasteiger partial charge is 0.454 e. The third kappa shape index (κ3) is 4.24. The van der Waals surface area contributed by atoms with E-state index in [-0.39, 0.29) is 19.8 Å². The van der Waals surface area contributed by atoms with Gasteiger partial charge in [0.05, 0.1) is 18.0 Å². The van der Waals surface area contributed by atoms with Crippen LogP contribution in [0.5, 0.6) is 11.5 Å². The number of pyridine rings is 1. The smallest absolute Gasteiger partial charge is 0.313 e. The number of hydrogen-bond donors (Lipinski definition) is 3. The summed E-state index contributed by atoms with van der Waals surface area (Å²) < 4.78 is 10.5. The predicted molar refractivity (Wildman–Crippen MR) is 88.0 cm³/mol. The van der Waals surface area contributed by atoms with Gasteiger partial charge >= 0.3 is 11.8 Å². The van der Waals surface area contributed by atoms with Gasteiger partial charge in [0, 0.05) is 12.7 Å². The van der Waals surface area contributed by atoms with E-state index in [1.165, 1.54) is 6.20 Å². The number of rotatable bonds is 5. The zero-order valence-electron chi connectivity index (χ0n) is 13.3. The number of aliphatic hydroxyl groups is 1. The van der Waals surface area contributed by atoms with Crippen molar-refractivity contribution in [1.82, 2.24) is 10.3 Å². The maximum absolute atomic E-state index is 11.8. The number of anilines is 1. The molecule has 1 aromatic heterocycles. The topological polar surface area (TPSA) is 110 Å². The second-order valence-corrected chi connectivity index (χ2v) is 5.37. The maximum atomic E-state index is 11.8. The molecule has 2 amide bonds. The van der Waals surface area contributed by atoms with Gasteiger partial charge in [-0.3, -0.25) is 14.6 Å². The normalized spacial score (nSPS) is 13.2. The van der Waals surface area contributed by atoms with Crippen LogP contribution in [0.15, 0.2) is 42.7 Å². The minimum absolute atomic E-state index is 0.148. The molecule has 1 aromatic carbocycles. The van der Waals surface area contributed by atoms with Gasteiger partial charge in [0.25, 0.3) is 0 Å². The molecule has 1 atom stereocenters. The molecule has 130 valence electrons. The van der Waals surface area contributed by atoms with Gasteiger partial charge < -0.3 is 25.2 Å². The van der Waals surface area contributed by atoms with Crippen molar-refractivity contribution in [2.24, 2.45) is 0 Å². The summed E-state index contributed by atoms with van der Waals surface area (Å²) in [6, 6.07) is 8.43. The Bertz CT molecular complexity index is 766. The fourth-order valence-corrected chi connectivity index (χ4v) is 2.31. The van der Waals surface area contributed by atoms with Gasteiger partial charge in [0.15, 0.2) is 11.5 Å². The zero-order chi connectivity index (χ0) is 17.6. The Morgan fingerprint density at radius 3 is 2.84 bits per heavy atom. The van der Waals surface area contributed by atoms with Gasteiger partial charge in [-0.25, -0.2) is 0 Å². The van der Waals surface area contributed by atoms with Gasteiger partial charge in [-0.05, 0) is 36.2 Å². The minimum atomic E-state index is -0.795. The fraction of sp³-hybridized carbons (Fsp3) is 0.235. The van der Waals surface area contributed by atoms with Crippen molar-refractivity contribution in [2.75, 3.05) is 18.7 Å². The molecule has 1 unspecified atom stereocenters. The monoisotopic (exact) mass is 343 g/mol. The Kier molecular flexibility index (Phi) is 5.10. The number of benzene rings is 1. The summed E-state index contributed by atoms with van der Waals surface area (Å²) in [5.74, 6) is -0.347. The average Bonchev–Trinajstić information content (AvgIpc) is 3.10. The highest BCUT2D eigenvalue weighted by Gasteiger charge is 2.18. The molecule has 3 rings (SSSR count). The van der Waals surface area contributed by atoms with Gasteiger partial charge in [-0.2, -0.15) is 0 Å². The molecule has 2 heterocycles. The van der Waals surface area contributed by atoms with E-state index in [2.05, 4.69) is 15.6 Å². The summed E-state index contributed by atoms with van der Waals surface area (Å²) in [5, 5.41) is 15.1. The molecule has 2 aromatic rings. The van der Waals surface area contributed by atoms with E-state index in [1.807, 2.05) is 0 Å². The van der Waals surface area contributed by atoms with Crippen LogP contribution in [0.1, 0.15) is 18.1 Å². The summed E-state index contributed by atoms with van der Waals surface area (Å²) in [6.45, 7) is 0.311. The van der Waals surface area contributed by atoms with Crippen LogP contribution in [0.25, 0.3) is 0 Å². The van der Waals surface area contributed by atoms with Crippen LogP contribution in [0.3, 0.4) is 0 Å². The molecule has 0 fully saturated rings. The third-order valence-corrected chi connectivity index (χ3v) is 3.61. The summed E-state index contributed by atoms with van der Waals surface area (Å²) in [5.41, 5.74) is 1.08. The quantitative estimate of drug-likeness (QED) is 0.699. The molecule has 1 aliphatic heterocycles. The van der Waals surface area contributed by atoms with E-state index >= 15 is 0 Å². The number of aromatic nitrogens is 1. The van der Waals surface area contributed by atoms with Crippen molar-refractivity contribution >= 4 is 17.5 Å². The first-order valence-corrected chi connectivity index (χ1v) is 7.70. The highest BCUT2D eigenvalue weighted by molar-refractivity contribution is 6.39. The first-order valence-electron chi connectivity index (χ1n) is 7.70. The number of carbonyl (C=O) groups excluding carboxylic acids is 2. The van der Waals surface area contributed by atoms with Crippen LogP contribution in [0.4, 0.5) is 5.69 Å². The minimum Gasteiger partial charge on any atom is -0.454 e. The lowest BCUT2D eigenvalue weighted by Crippen LogP contribution is -2.36. The number of nitrogens with one attached hydrogen (secondary N) is 2. The molecule has 0 radical (unpaired) electrons. The van der Waals surface area contributed by atoms with Crippen LogP contribution in [0, 0.1) is 0 Å². The lowest BCUT2D eigenvalue weighted by atomic mass is 10.1. The molecule has 1 aliphatic rings. The summed E-state index contributed by atoms with van der Waals surface area (Å²) in [4.78, 5) is 27.3. The summed E-state index contributed by atoms with van der Waals surface area (Å²) in [7, 11) is 0. The van der Waals surface area contributed by atoms with Crippen molar-refractivity contribution in [3.05, 3.63) is 48.3 Å². The van der Waals surface area contributed by atoms with Gasteiger partial charge in [-0.15, -0.1) is 0 Å². The summed E-state index contributed by atoms with van der Waals surface area (Å²) in [6.07, 6.45) is 2.46. The van der Waals surface area contributed by atoms with Crippen LogP contribution in [-0.2, 0) is 9.59 Å². The lowest BCUT2D eigenvalue weighted by molar-refractivity contribution is -0.136. The molecule has 8 nitrogen and oxygen atoms in total. The predicted octanol–water partition coefficient (Wildman–Crippen LogP) is 0.989. The van der Waals surface area contributed by atoms with Gasteiger partial charge in [0.2, 0.25) is 6.79 Å². The zero-order valence-corrected chi connectivity index (χ0v) is 13.3. The Labute approximate surface area is 143 Å². The molecule has 0 spiro atoms. The fourth-order valence-electron chi connectivity index (χ4n) is 2.31. The van der Waals surface area contributed by atoms with E-state index in [4.69, 9.17) is 9.47 Å². The average molecular weight is 343 g/mol.